The fraction of sp³-hybridized carbons (Fsp3) is 0. The van der Waals surface area contributed by atoms with Crippen LogP contribution in [0, 0.1) is 0 Å². The van der Waals surface area contributed by atoms with E-state index in [0.717, 1.165) is 21.4 Å². The lowest BCUT2D eigenvalue weighted by Gasteiger charge is -1.99. The highest BCUT2D eigenvalue weighted by molar-refractivity contribution is 9.10. The van der Waals surface area contributed by atoms with E-state index in [1.807, 2.05) is 53.1 Å². The molecule has 0 aliphatic carbocycles. The SMILES string of the molecule is Nc1c(-c2cccc(Br)c2)nc2ccccn12. The number of imidazole rings is 1. The Kier molecular flexibility index (Phi) is 2.37. The zero-order valence-electron chi connectivity index (χ0n) is 8.97. The van der Waals surface area contributed by atoms with Crippen molar-refractivity contribution in [1.82, 2.24) is 9.38 Å². The molecule has 0 saturated heterocycles. The van der Waals surface area contributed by atoms with E-state index >= 15 is 0 Å². The second-order valence-electron chi connectivity index (χ2n) is 3.78. The average Bonchev–Trinajstić information content (AvgIpc) is 2.68. The summed E-state index contributed by atoms with van der Waals surface area (Å²) < 4.78 is 2.91. The van der Waals surface area contributed by atoms with Crippen LogP contribution in [-0.2, 0) is 0 Å². The maximum atomic E-state index is 6.11. The van der Waals surface area contributed by atoms with Gasteiger partial charge in [-0.1, -0.05) is 34.1 Å². The van der Waals surface area contributed by atoms with E-state index in [0.29, 0.717) is 5.82 Å². The minimum Gasteiger partial charge on any atom is -0.383 e. The summed E-state index contributed by atoms with van der Waals surface area (Å²) in [5, 5.41) is 0. The first-order chi connectivity index (χ1) is 8.25. The van der Waals surface area contributed by atoms with Gasteiger partial charge in [-0.15, -0.1) is 0 Å². The fourth-order valence-electron chi connectivity index (χ4n) is 1.86. The maximum Gasteiger partial charge on any atom is 0.139 e. The van der Waals surface area contributed by atoms with Crippen molar-refractivity contribution >= 4 is 27.4 Å². The molecule has 0 aliphatic heterocycles. The van der Waals surface area contributed by atoms with Crippen LogP contribution in [0.3, 0.4) is 0 Å². The zero-order chi connectivity index (χ0) is 11.8. The highest BCUT2D eigenvalue weighted by atomic mass is 79.9. The maximum absolute atomic E-state index is 6.11. The Morgan fingerprint density at radius 3 is 2.76 bits per heavy atom. The Balaban J connectivity index is 2.27. The van der Waals surface area contributed by atoms with Crippen LogP contribution in [0.1, 0.15) is 0 Å². The molecule has 0 bridgehead atoms. The first-order valence-electron chi connectivity index (χ1n) is 5.24. The fourth-order valence-corrected chi connectivity index (χ4v) is 2.26. The van der Waals surface area contributed by atoms with Gasteiger partial charge in [-0.05, 0) is 24.3 Å². The number of nitrogens with zero attached hydrogens (tertiary/aromatic N) is 2. The Labute approximate surface area is 107 Å². The van der Waals surface area contributed by atoms with Gasteiger partial charge < -0.3 is 5.73 Å². The van der Waals surface area contributed by atoms with Crippen LogP contribution in [0.2, 0.25) is 0 Å². The van der Waals surface area contributed by atoms with Crippen LogP contribution < -0.4 is 5.73 Å². The Hall–Kier alpha value is -1.81. The first-order valence-corrected chi connectivity index (χ1v) is 6.03. The Bertz CT molecular complexity index is 688. The molecule has 17 heavy (non-hydrogen) atoms. The normalized spacial score (nSPS) is 10.9. The molecule has 1 aromatic carbocycles. The van der Waals surface area contributed by atoms with Crippen molar-refractivity contribution in [2.75, 3.05) is 5.73 Å². The van der Waals surface area contributed by atoms with Gasteiger partial charge in [0.25, 0.3) is 0 Å². The summed E-state index contributed by atoms with van der Waals surface area (Å²) in [6.07, 6.45) is 1.92. The van der Waals surface area contributed by atoms with Crippen LogP contribution in [0.15, 0.2) is 53.1 Å². The third kappa shape index (κ3) is 1.70. The van der Waals surface area contributed by atoms with Gasteiger partial charge in [-0.2, -0.15) is 0 Å². The minimum atomic E-state index is 0.665. The number of aromatic nitrogens is 2. The lowest BCUT2D eigenvalue weighted by atomic mass is 10.1. The topological polar surface area (TPSA) is 43.3 Å². The van der Waals surface area contributed by atoms with E-state index in [4.69, 9.17) is 5.73 Å². The number of fused-ring (bicyclic) bond motifs is 1. The van der Waals surface area contributed by atoms with Gasteiger partial charge in [-0.25, -0.2) is 4.98 Å². The molecule has 0 fully saturated rings. The van der Waals surface area contributed by atoms with Crippen LogP contribution in [0.4, 0.5) is 5.82 Å². The zero-order valence-corrected chi connectivity index (χ0v) is 10.6. The number of halogens is 1. The Morgan fingerprint density at radius 1 is 1.12 bits per heavy atom. The molecular weight excluding hydrogens is 278 g/mol. The molecule has 0 saturated carbocycles. The summed E-state index contributed by atoms with van der Waals surface area (Å²) in [6.45, 7) is 0. The molecule has 0 spiro atoms. The van der Waals surface area contributed by atoms with E-state index in [-0.39, 0.29) is 0 Å². The lowest BCUT2D eigenvalue weighted by molar-refractivity contribution is 1.20. The molecule has 0 aliphatic rings. The Morgan fingerprint density at radius 2 is 2.00 bits per heavy atom. The number of hydrogen-bond acceptors (Lipinski definition) is 2. The van der Waals surface area contributed by atoms with Gasteiger partial charge in [0.1, 0.15) is 17.2 Å². The predicted molar refractivity (Wildman–Crippen MR) is 72.7 cm³/mol. The van der Waals surface area contributed by atoms with Crippen molar-refractivity contribution in [2.24, 2.45) is 0 Å². The van der Waals surface area contributed by atoms with Crippen molar-refractivity contribution in [2.45, 2.75) is 0 Å². The van der Waals surface area contributed by atoms with Gasteiger partial charge in [0.05, 0.1) is 0 Å². The summed E-state index contributed by atoms with van der Waals surface area (Å²) in [5.74, 6) is 0.665. The highest BCUT2D eigenvalue weighted by Gasteiger charge is 2.10. The predicted octanol–water partition coefficient (Wildman–Crippen LogP) is 3.35. The lowest BCUT2D eigenvalue weighted by Crippen LogP contribution is -1.93. The monoisotopic (exact) mass is 287 g/mol. The van der Waals surface area contributed by atoms with Gasteiger partial charge >= 0.3 is 0 Å². The first kappa shape index (κ1) is 10.4. The largest absolute Gasteiger partial charge is 0.383 e. The standard InChI is InChI=1S/C13H10BrN3/c14-10-5-3-4-9(8-10)12-13(15)17-7-2-1-6-11(17)16-12/h1-8H,15H2. The minimum absolute atomic E-state index is 0.665. The van der Waals surface area contributed by atoms with Crippen molar-refractivity contribution < 1.29 is 0 Å². The third-order valence-corrected chi connectivity index (χ3v) is 3.16. The molecule has 2 heterocycles. The second kappa shape index (κ2) is 3.89. The molecule has 0 amide bonds. The average molecular weight is 288 g/mol. The molecule has 3 nitrogen and oxygen atoms in total. The van der Waals surface area contributed by atoms with Gasteiger partial charge in [0, 0.05) is 16.2 Å². The second-order valence-corrected chi connectivity index (χ2v) is 4.70. The number of nitrogen functional groups attached to an aromatic ring is 1. The number of pyridine rings is 1. The van der Waals surface area contributed by atoms with Gasteiger partial charge in [0.2, 0.25) is 0 Å². The van der Waals surface area contributed by atoms with Crippen molar-refractivity contribution in [3.05, 3.63) is 53.1 Å². The van der Waals surface area contributed by atoms with E-state index in [1.165, 1.54) is 0 Å². The number of rotatable bonds is 1. The van der Waals surface area contributed by atoms with E-state index in [2.05, 4.69) is 20.9 Å². The molecule has 2 N–H and O–H groups in total. The van der Waals surface area contributed by atoms with Crippen molar-refractivity contribution in [3.8, 4) is 11.3 Å². The molecule has 84 valence electrons. The van der Waals surface area contributed by atoms with E-state index in [9.17, 15) is 0 Å². The highest BCUT2D eigenvalue weighted by Crippen LogP contribution is 2.27. The van der Waals surface area contributed by atoms with Crippen LogP contribution in [0.5, 0.6) is 0 Å². The summed E-state index contributed by atoms with van der Waals surface area (Å²) in [6, 6.07) is 13.8. The molecule has 0 unspecified atom stereocenters. The molecule has 3 aromatic rings. The molecular formula is C13H10BrN3. The third-order valence-electron chi connectivity index (χ3n) is 2.66. The number of nitrogens with two attached hydrogens (primary N) is 1. The van der Waals surface area contributed by atoms with Crippen LogP contribution >= 0.6 is 15.9 Å². The van der Waals surface area contributed by atoms with Crippen LogP contribution in [0.25, 0.3) is 16.9 Å². The van der Waals surface area contributed by atoms with Crippen LogP contribution in [-0.4, -0.2) is 9.38 Å². The molecule has 3 rings (SSSR count). The summed E-state index contributed by atoms with van der Waals surface area (Å²) >= 11 is 3.45. The number of benzene rings is 1. The quantitative estimate of drug-likeness (QED) is 0.746. The molecule has 2 aromatic heterocycles. The number of anilines is 1. The van der Waals surface area contributed by atoms with E-state index < -0.39 is 0 Å². The van der Waals surface area contributed by atoms with E-state index in [1.54, 1.807) is 0 Å². The molecule has 0 radical (unpaired) electrons. The summed E-state index contributed by atoms with van der Waals surface area (Å²) in [7, 11) is 0. The number of hydrogen-bond donors (Lipinski definition) is 1. The summed E-state index contributed by atoms with van der Waals surface area (Å²) in [4.78, 5) is 4.54. The van der Waals surface area contributed by atoms with Gasteiger partial charge in [0.15, 0.2) is 0 Å². The summed E-state index contributed by atoms with van der Waals surface area (Å²) in [5.41, 5.74) is 8.80. The molecule has 0 atom stereocenters. The van der Waals surface area contributed by atoms with Gasteiger partial charge in [-0.3, -0.25) is 4.40 Å². The van der Waals surface area contributed by atoms with Crippen molar-refractivity contribution in [1.29, 1.82) is 0 Å². The smallest absolute Gasteiger partial charge is 0.139 e. The van der Waals surface area contributed by atoms with Crippen molar-refractivity contribution in [3.63, 3.8) is 0 Å². The molecule has 4 heteroatoms.